The lowest BCUT2D eigenvalue weighted by atomic mass is 9.95. The van der Waals surface area contributed by atoms with Gasteiger partial charge < -0.3 is 0 Å². The van der Waals surface area contributed by atoms with Gasteiger partial charge in [-0.25, -0.2) is 0 Å². The number of benzene rings is 2. The molecule has 2 rings (SSSR count). The van der Waals surface area contributed by atoms with Crippen molar-refractivity contribution < 1.29 is 0 Å². The summed E-state index contributed by atoms with van der Waals surface area (Å²) in [6, 6.07) is 12.9. The molecule has 0 heterocycles. The first kappa shape index (κ1) is 34.4. The van der Waals surface area contributed by atoms with Crippen LogP contribution in [0.1, 0.15) is 96.2 Å². The summed E-state index contributed by atoms with van der Waals surface area (Å²) in [5.74, 6) is 0. The summed E-state index contributed by atoms with van der Waals surface area (Å²) in [7, 11) is 0. The summed E-state index contributed by atoms with van der Waals surface area (Å²) < 4.78 is 0. The number of rotatable bonds is 3. The Morgan fingerprint density at radius 1 is 0.828 bits per heavy atom. The summed E-state index contributed by atoms with van der Waals surface area (Å²) >= 11 is 0. The summed E-state index contributed by atoms with van der Waals surface area (Å²) in [4.78, 5) is 0. The smallest absolute Gasteiger partial charge is 0.0174 e. The zero-order chi connectivity index (χ0) is 22.7. The van der Waals surface area contributed by atoms with Crippen molar-refractivity contribution in [3.8, 4) is 0 Å². The van der Waals surface area contributed by atoms with E-state index in [-0.39, 0.29) is 7.43 Å². The van der Waals surface area contributed by atoms with Crippen molar-refractivity contribution in [3.63, 3.8) is 0 Å². The molecule has 0 spiro atoms. The highest BCUT2D eigenvalue weighted by Crippen LogP contribution is 2.22. The fourth-order valence-electron chi connectivity index (χ4n) is 2.74. The Morgan fingerprint density at radius 3 is 1.48 bits per heavy atom. The Hall–Kier alpha value is -2.08. The largest absolute Gasteiger partial charge is 0.0985 e. The second-order valence-electron chi connectivity index (χ2n) is 5.85. The first-order chi connectivity index (χ1) is 13.4. The number of aryl methyl sites for hydroxylation is 4. The molecule has 0 nitrogen and oxygen atoms in total. The minimum atomic E-state index is 0. The standard InChI is InChI=1S/C12H16.C10H12.3C2H6.CH4/c1-8(2)12-10(4)6-9(3)7-11(12)5;1-3-9-5-7-10(4-2)8-6-9;3*1-2;/h6-7H,1H2,2-5H3;3,5-8H,1,4H2,2H3;3*1-2H3;1H4. The van der Waals surface area contributed by atoms with Gasteiger partial charge in [0, 0.05) is 0 Å². The van der Waals surface area contributed by atoms with Gasteiger partial charge in [-0.1, -0.05) is 123 Å². The van der Waals surface area contributed by atoms with E-state index in [1.807, 2.05) is 47.6 Å². The monoisotopic (exact) mass is 398 g/mol. The van der Waals surface area contributed by atoms with Crippen molar-refractivity contribution in [3.05, 3.63) is 82.9 Å². The van der Waals surface area contributed by atoms with Gasteiger partial charge in [-0.15, -0.1) is 0 Å². The molecule has 0 radical (unpaired) electrons. The minimum absolute atomic E-state index is 0. The van der Waals surface area contributed by atoms with Crippen molar-refractivity contribution in [1.29, 1.82) is 0 Å². The SMILES string of the molecule is C.C=C(C)c1c(C)cc(C)cc1C.C=Cc1ccc(CC)cc1.CC.CC.CC. The molecular weight excluding hydrogens is 348 g/mol. The van der Waals surface area contributed by atoms with Gasteiger partial charge in [0.2, 0.25) is 0 Å². The lowest BCUT2D eigenvalue weighted by Gasteiger charge is -2.10. The molecule has 166 valence electrons. The lowest BCUT2D eigenvalue weighted by molar-refractivity contribution is 1.14. The van der Waals surface area contributed by atoms with Crippen LogP contribution in [-0.4, -0.2) is 0 Å². The van der Waals surface area contributed by atoms with Crippen LogP contribution in [0.3, 0.4) is 0 Å². The molecule has 0 atom stereocenters. The molecule has 0 heteroatoms. The maximum Gasteiger partial charge on any atom is -0.0174 e. The topological polar surface area (TPSA) is 0 Å². The van der Waals surface area contributed by atoms with Crippen LogP contribution in [0.2, 0.25) is 0 Å². The molecule has 0 aromatic heterocycles. The van der Waals surface area contributed by atoms with Gasteiger partial charge in [0.1, 0.15) is 0 Å². The third-order valence-electron chi connectivity index (χ3n) is 3.73. The average molecular weight is 399 g/mol. The van der Waals surface area contributed by atoms with Crippen LogP contribution in [-0.2, 0) is 6.42 Å². The van der Waals surface area contributed by atoms with Gasteiger partial charge in [0.05, 0.1) is 0 Å². The minimum Gasteiger partial charge on any atom is -0.0985 e. The molecule has 0 fully saturated rings. The molecule has 2 aromatic carbocycles. The van der Waals surface area contributed by atoms with Crippen molar-refractivity contribution in [2.45, 2.75) is 90.0 Å². The molecule has 0 saturated carbocycles. The van der Waals surface area contributed by atoms with Crippen molar-refractivity contribution >= 4 is 11.6 Å². The third-order valence-corrected chi connectivity index (χ3v) is 3.73. The molecule has 0 N–H and O–H groups in total. The van der Waals surface area contributed by atoms with Gasteiger partial charge in [-0.3, -0.25) is 0 Å². The van der Waals surface area contributed by atoms with Gasteiger partial charge >= 0.3 is 0 Å². The molecule has 0 aliphatic rings. The molecule has 0 bridgehead atoms. The summed E-state index contributed by atoms with van der Waals surface area (Å²) in [5.41, 5.74) is 9.04. The van der Waals surface area contributed by atoms with E-state index in [9.17, 15) is 0 Å². The van der Waals surface area contributed by atoms with Crippen LogP contribution in [0.4, 0.5) is 0 Å². The predicted octanol–water partition coefficient (Wildman–Crippen LogP) is 10.3. The van der Waals surface area contributed by atoms with E-state index in [0.717, 1.165) is 12.0 Å². The van der Waals surface area contributed by atoms with E-state index in [4.69, 9.17) is 0 Å². The van der Waals surface area contributed by atoms with E-state index >= 15 is 0 Å². The zero-order valence-corrected chi connectivity index (χ0v) is 20.7. The Balaban J connectivity index is -0.000000168. The van der Waals surface area contributed by atoms with E-state index in [0.29, 0.717) is 0 Å². The first-order valence-corrected chi connectivity index (χ1v) is 10.8. The highest BCUT2D eigenvalue weighted by atomic mass is 14.1. The molecule has 0 aliphatic heterocycles. The highest BCUT2D eigenvalue weighted by molar-refractivity contribution is 5.67. The van der Waals surface area contributed by atoms with E-state index in [2.05, 4.69) is 84.2 Å². The van der Waals surface area contributed by atoms with Gasteiger partial charge in [0.15, 0.2) is 0 Å². The fourth-order valence-corrected chi connectivity index (χ4v) is 2.74. The van der Waals surface area contributed by atoms with E-state index in [1.165, 1.54) is 33.4 Å². The second-order valence-corrected chi connectivity index (χ2v) is 5.85. The molecule has 2 aromatic rings. The number of hydrogen-bond acceptors (Lipinski definition) is 0. The Morgan fingerprint density at radius 2 is 1.21 bits per heavy atom. The van der Waals surface area contributed by atoms with Crippen molar-refractivity contribution in [2.24, 2.45) is 0 Å². The maximum atomic E-state index is 3.98. The molecule has 0 aliphatic carbocycles. The Labute approximate surface area is 184 Å². The highest BCUT2D eigenvalue weighted by Gasteiger charge is 2.02. The molecule has 0 amide bonds. The maximum absolute atomic E-state index is 3.98. The zero-order valence-electron chi connectivity index (χ0n) is 20.7. The molecular formula is C29H50. The van der Waals surface area contributed by atoms with E-state index in [1.54, 1.807) is 0 Å². The number of allylic oxidation sites excluding steroid dienone is 1. The van der Waals surface area contributed by atoms with Crippen LogP contribution in [0, 0.1) is 20.8 Å². The summed E-state index contributed by atoms with van der Waals surface area (Å²) in [6.45, 7) is 30.3. The van der Waals surface area contributed by atoms with Gasteiger partial charge in [0.25, 0.3) is 0 Å². The average Bonchev–Trinajstić information content (AvgIpc) is 2.72. The van der Waals surface area contributed by atoms with Crippen LogP contribution < -0.4 is 0 Å². The van der Waals surface area contributed by atoms with Crippen molar-refractivity contribution in [2.75, 3.05) is 0 Å². The number of hydrogen-bond donors (Lipinski definition) is 0. The predicted molar refractivity (Wildman–Crippen MR) is 142 cm³/mol. The normalized spacial score (nSPS) is 7.97. The van der Waals surface area contributed by atoms with Crippen LogP contribution in [0.5, 0.6) is 0 Å². The van der Waals surface area contributed by atoms with E-state index < -0.39 is 0 Å². The van der Waals surface area contributed by atoms with Crippen LogP contribution in [0.15, 0.2) is 49.6 Å². The second kappa shape index (κ2) is 22.2. The molecule has 0 unspecified atom stereocenters. The first-order valence-electron chi connectivity index (χ1n) is 10.8. The van der Waals surface area contributed by atoms with Crippen LogP contribution >= 0.6 is 0 Å². The van der Waals surface area contributed by atoms with Gasteiger partial charge in [-0.2, -0.15) is 0 Å². The Bertz CT molecular complexity index is 619. The summed E-state index contributed by atoms with van der Waals surface area (Å²) in [6.07, 6.45) is 2.97. The lowest BCUT2D eigenvalue weighted by Crippen LogP contribution is -1.91. The molecule has 0 saturated heterocycles. The van der Waals surface area contributed by atoms with Crippen molar-refractivity contribution in [1.82, 2.24) is 0 Å². The van der Waals surface area contributed by atoms with Gasteiger partial charge in [-0.05, 0) is 61.9 Å². The summed E-state index contributed by atoms with van der Waals surface area (Å²) in [5, 5.41) is 0. The quantitative estimate of drug-likeness (QED) is 0.482. The third kappa shape index (κ3) is 14.6. The molecule has 29 heavy (non-hydrogen) atoms. The fraction of sp³-hybridized carbons (Fsp3) is 0.448. The van der Waals surface area contributed by atoms with Crippen LogP contribution in [0.25, 0.3) is 11.6 Å². The Kier molecular flexibility index (Phi) is 26.4.